The first-order chi connectivity index (χ1) is 18.2. The van der Waals surface area contributed by atoms with Crippen molar-refractivity contribution in [3.05, 3.63) is 96.1 Å². The average Bonchev–Trinajstić information content (AvgIpc) is 3.40. The van der Waals surface area contributed by atoms with Gasteiger partial charge < -0.3 is 9.73 Å². The molecule has 0 amide bonds. The highest BCUT2D eigenvalue weighted by atomic mass is 16.3. The molecule has 3 aromatic carbocycles. The highest BCUT2D eigenvalue weighted by Gasteiger charge is 2.24. The highest BCUT2D eigenvalue weighted by molar-refractivity contribution is 5.85. The van der Waals surface area contributed by atoms with Crippen molar-refractivity contribution in [1.29, 1.82) is 0 Å². The number of hydrogen-bond donors (Lipinski definition) is 1. The van der Waals surface area contributed by atoms with Crippen LogP contribution in [0.25, 0.3) is 34.1 Å². The lowest BCUT2D eigenvalue weighted by Crippen LogP contribution is -2.37. The van der Waals surface area contributed by atoms with E-state index in [1.807, 2.05) is 30.3 Å². The Morgan fingerprint density at radius 3 is 2.22 bits per heavy atom. The van der Waals surface area contributed by atoms with Crippen molar-refractivity contribution in [3.63, 3.8) is 0 Å². The zero-order valence-corrected chi connectivity index (χ0v) is 21.1. The van der Waals surface area contributed by atoms with Crippen molar-refractivity contribution >= 4 is 17.0 Å². The van der Waals surface area contributed by atoms with Crippen LogP contribution >= 0.6 is 0 Å². The molecule has 0 radical (unpaired) electrons. The van der Waals surface area contributed by atoms with Crippen molar-refractivity contribution in [2.24, 2.45) is 0 Å². The van der Waals surface area contributed by atoms with Crippen molar-refractivity contribution in [3.8, 4) is 22.8 Å². The van der Waals surface area contributed by atoms with E-state index in [9.17, 15) is 0 Å². The number of benzene rings is 3. The van der Waals surface area contributed by atoms with Gasteiger partial charge in [0.1, 0.15) is 0 Å². The van der Waals surface area contributed by atoms with Crippen molar-refractivity contribution in [2.75, 3.05) is 25.0 Å². The minimum atomic E-state index is 0.242. The third-order valence-electron chi connectivity index (χ3n) is 7.06. The molecule has 1 N–H and O–H groups in total. The number of aryl methyl sites for hydroxylation is 1. The summed E-state index contributed by atoms with van der Waals surface area (Å²) in [5, 5.41) is 3.64. The lowest BCUT2D eigenvalue weighted by molar-refractivity contribution is 0.170. The number of rotatable bonds is 7. The Balaban J connectivity index is 1.39. The summed E-state index contributed by atoms with van der Waals surface area (Å²) in [4.78, 5) is 17.1. The first kappa shape index (κ1) is 23.4. The topological polar surface area (TPSA) is 67.1 Å². The molecule has 1 fully saturated rings. The molecule has 0 spiro atoms. The molecule has 2 aromatic heterocycles. The largest absolute Gasteiger partial charge is 0.430 e. The Morgan fingerprint density at radius 2 is 1.49 bits per heavy atom. The number of oxazole rings is 1. The minimum Gasteiger partial charge on any atom is -0.430 e. The third-order valence-corrected chi connectivity index (χ3v) is 7.06. The van der Waals surface area contributed by atoms with Crippen molar-refractivity contribution in [2.45, 2.75) is 32.2 Å². The second-order valence-electron chi connectivity index (χ2n) is 9.70. The molecule has 6 nitrogen and oxygen atoms in total. The number of fused-ring (bicyclic) bond motifs is 1. The van der Waals surface area contributed by atoms with E-state index in [0.717, 1.165) is 24.2 Å². The molecule has 3 heterocycles. The van der Waals surface area contributed by atoms with Gasteiger partial charge in [-0.3, -0.25) is 4.90 Å². The van der Waals surface area contributed by atoms with Gasteiger partial charge >= 0.3 is 0 Å². The van der Waals surface area contributed by atoms with Gasteiger partial charge in [-0.15, -0.1) is 0 Å². The van der Waals surface area contributed by atoms with Gasteiger partial charge in [0.05, 0.1) is 6.04 Å². The van der Waals surface area contributed by atoms with E-state index in [0.29, 0.717) is 35.3 Å². The summed E-state index contributed by atoms with van der Waals surface area (Å²) in [5.74, 6) is 1.86. The van der Waals surface area contributed by atoms with Crippen LogP contribution in [0.15, 0.2) is 89.3 Å². The van der Waals surface area contributed by atoms with Crippen LogP contribution in [0.5, 0.6) is 0 Å². The lowest BCUT2D eigenvalue weighted by Gasteiger charge is -2.35. The van der Waals surface area contributed by atoms with Crippen LogP contribution in [-0.4, -0.2) is 39.5 Å². The molecule has 6 rings (SSSR count). The molecule has 1 aliphatic heterocycles. The SMILES string of the molecule is Cc1ccc(-c2nc(NCC(c3ccccc3)N3CCCCC3)c3oc(-c4ccccc4)nc3n2)cc1. The van der Waals surface area contributed by atoms with E-state index in [1.165, 1.54) is 30.4 Å². The fourth-order valence-corrected chi connectivity index (χ4v) is 5.04. The molecule has 1 atom stereocenters. The van der Waals surface area contributed by atoms with Crippen LogP contribution in [0.1, 0.15) is 36.4 Å². The molecule has 5 aromatic rings. The van der Waals surface area contributed by atoms with E-state index in [-0.39, 0.29) is 6.04 Å². The first-order valence-electron chi connectivity index (χ1n) is 13.1. The zero-order valence-electron chi connectivity index (χ0n) is 21.1. The van der Waals surface area contributed by atoms with Crippen molar-refractivity contribution in [1.82, 2.24) is 19.9 Å². The third kappa shape index (κ3) is 5.11. The maximum Gasteiger partial charge on any atom is 0.229 e. The van der Waals surface area contributed by atoms with Gasteiger partial charge in [-0.25, -0.2) is 9.97 Å². The summed E-state index contributed by atoms with van der Waals surface area (Å²) in [7, 11) is 0. The summed E-state index contributed by atoms with van der Waals surface area (Å²) in [6.45, 7) is 5.00. The molecule has 186 valence electrons. The maximum atomic E-state index is 6.27. The van der Waals surface area contributed by atoms with Crippen LogP contribution in [-0.2, 0) is 0 Å². The summed E-state index contributed by atoms with van der Waals surface area (Å²) in [6, 6.07) is 29.2. The quantitative estimate of drug-likeness (QED) is 0.268. The number of aromatic nitrogens is 3. The predicted octanol–water partition coefficient (Wildman–Crippen LogP) is 6.90. The summed E-state index contributed by atoms with van der Waals surface area (Å²) in [5.41, 5.74) is 5.52. The molecule has 1 saturated heterocycles. The van der Waals surface area contributed by atoms with Gasteiger partial charge in [-0.05, 0) is 50.6 Å². The fourth-order valence-electron chi connectivity index (χ4n) is 5.04. The van der Waals surface area contributed by atoms with Crippen LogP contribution < -0.4 is 5.32 Å². The van der Waals surface area contributed by atoms with E-state index in [2.05, 4.69) is 71.7 Å². The number of nitrogens with zero attached hydrogens (tertiary/aromatic N) is 4. The molecule has 1 unspecified atom stereocenters. The van der Waals surface area contributed by atoms with Crippen LogP contribution in [0.2, 0.25) is 0 Å². The predicted molar refractivity (Wildman–Crippen MR) is 148 cm³/mol. The number of piperidine rings is 1. The molecular formula is C31H31N5O. The normalized spacial score (nSPS) is 15.1. The summed E-state index contributed by atoms with van der Waals surface area (Å²) in [6.07, 6.45) is 3.78. The van der Waals surface area contributed by atoms with Crippen molar-refractivity contribution < 1.29 is 4.42 Å². The number of likely N-dealkylation sites (tertiary alicyclic amines) is 1. The van der Waals surface area contributed by atoms with Crippen LogP contribution in [0.4, 0.5) is 5.82 Å². The van der Waals surface area contributed by atoms with E-state index in [4.69, 9.17) is 19.4 Å². The standard InChI is InChI=1S/C31H31N5O/c1-22-15-17-24(18-16-22)28-33-29(27-30(34-28)35-31(37-27)25-13-7-3-8-14-25)32-21-26(23-11-5-2-6-12-23)36-19-9-4-10-20-36/h2-3,5-8,11-18,26H,4,9-10,19-21H2,1H3,(H,32,33,34). The van der Waals surface area contributed by atoms with E-state index >= 15 is 0 Å². The minimum absolute atomic E-state index is 0.242. The first-order valence-corrected chi connectivity index (χ1v) is 13.1. The molecule has 1 aliphatic rings. The molecular weight excluding hydrogens is 458 g/mol. The molecule has 0 bridgehead atoms. The Kier molecular flexibility index (Phi) is 6.65. The molecule has 0 aliphatic carbocycles. The zero-order chi connectivity index (χ0) is 25.0. The smallest absolute Gasteiger partial charge is 0.229 e. The number of nitrogens with one attached hydrogen (secondary N) is 1. The molecule has 0 saturated carbocycles. The lowest BCUT2D eigenvalue weighted by atomic mass is 10.0. The monoisotopic (exact) mass is 489 g/mol. The van der Waals surface area contributed by atoms with Gasteiger partial charge in [-0.2, -0.15) is 4.98 Å². The van der Waals surface area contributed by atoms with Crippen LogP contribution in [0, 0.1) is 6.92 Å². The second kappa shape index (κ2) is 10.5. The average molecular weight is 490 g/mol. The summed E-state index contributed by atoms with van der Waals surface area (Å²) >= 11 is 0. The molecule has 37 heavy (non-hydrogen) atoms. The second-order valence-corrected chi connectivity index (χ2v) is 9.70. The molecule has 6 heteroatoms. The van der Waals surface area contributed by atoms with E-state index in [1.54, 1.807) is 0 Å². The Morgan fingerprint density at radius 1 is 0.784 bits per heavy atom. The maximum absolute atomic E-state index is 6.27. The van der Waals surface area contributed by atoms with Gasteiger partial charge in [0.2, 0.25) is 17.1 Å². The number of hydrogen-bond acceptors (Lipinski definition) is 6. The summed E-state index contributed by atoms with van der Waals surface area (Å²) < 4.78 is 6.27. The Hall–Kier alpha value is -4.03. The Bertz CT molecular complexity index is 1460. The van der Waals surface area contributed by atoms with Crippen LogP contribution in [0.3, 0.4) is 0 Å². The van der Waals surface area contributed by atoms with Gasteiger partial charge in [0, 0.05) is 17.7 Å². The van der Waals surface area contributed by atoms with Gasteiger partial charge in [-0.1, -0.05) is 84.8 Å². The Labute approximate surface area is 217 Å². The van der Waals surface area contributed by atoms with Gasteiger partial charge in [0.25, 0.3) is 0 Å². The highest BCUT2D eigenvalue weighted by Crippen LogP contribution is 2.31. The van der Waals surface area contributed by atoms with E-state index < -0.39 is 0 Å². The van der Waals surface area contributed by atoms with Gasteiger partial charge in [0.15, 0.2) is 11.6 Å². The fraction of sp³-hybridized carbons (Fsp3) is 0.258. The number of anilines is 1.